The molecule has 1 aliphatic rings. The van der Waals surface area contributed by atoms with E-state index in [9.17, 15) is 0 Å². The molecule has 0 radical (unpaired) electrons. The molecule has 0 spiro atoms. The number of aryl methyl sites for hydroxylation is 1. The van der Waals surface area contributed by atoms with Crippen LogP contribution in [0.4, 0.5) is 0 Å². The molecule has 1 heterocycles. The largest absolute Gasteiger partial charge is 0.357 e. The number of aromatic nitrogens is 1. The maximum atomic E-state index is 4.70. The molecule has 2 N–H and O–H groups in total. The molecule has 0 saturated heterocycles. The number of guanidine groups is 1. The van der Waals surface area contributed by atoms with Gasteiger partial charge in [-0.2, -0.15) is 0 Å². The number of rotatable bonds is 7. The fourth-order valence-corrected chi connectivity index (χ4v) is 4.17. The van der Waals surface area contributed by atoms with E-state index in [1.54, 1.807) is 11.3 Å². The van der Waals surface area contributed by atoms with Gasteiger partial charge in [0.25, 0.3) is 0 Å². The third-order valence-corrected chi connectivity index (χ3v) is 5.62. The van der Waals surface area contributed by atoms with Crippen LogP contribution in [0.5, 0.6) is 0 Å². The Morgan fingerprint density at radius 3 is 2.67 bits per heavy atom. The van der Waals surface area contributed by atoms with Gasteiger partial charge in [-0.05, 0) is 46.7 Å². The van der Waals surface area contributed by atoms with E-state index in [0.717, 1.165) is 30.0 Å². The highest BCUT2D eigenvalue weighted by Gasteiger charge is 2.25. The molecule has 2 rings (SSSR count). The van der Waals surface area contributed by atoms with Gasteiger partial charge in [-0.1, -0.05) is 19.3 Å². The summed E-state index contributed by atoms with van der Waals surface area (Å²) in [5, 5.41) is 7.98. The zero-order valence-corrected chi connectivity index (χ0v) is 16.5. The van der Waals surface area contributed by atoms with Crippen LogP contribution < -0.4 is 10.6 Å². The first-order valence-electron chi connectivity index (χ1n) is 9.20. The molecule has 1 aromatic rings. The summed E-state index contributed by atoms with van der Waals surface area (Å²) in [6.45, 7) is 6.65. The summed E-state index contributed by atoms with van der Waals surface area (Å²) in [6.07, 6.45) is 8.80. The first kappa shape index (κ1) is 19.2. The van der Waals surface area contributed by atoms with E-state index in [2.05, 4.69) is 48.5 Å². The summed E-state index contributed by atoms with van der Waals surface area (Å²) in [7, 11) is 4.40. The molecular weight excluding hydrogens is 318 g/mol. The second-order valence-electron chi connectivity index (χ2n) is 6.87. The Morgan fingerprint density at radius 1 is 1.33 bits per heavy atom. The summed E-state index contributed by atoms with van der Waals surface area (Å²) in [5.41, 5.74) is 0. The van der Waals surface area contributed by atoms with Crippen molar-refractivity contribution in [3.8, 4) is 0 Å². The van der Waals surface area contributed by atoms with E-state index in [-0.39, 0.29) is 0 Å². The number of hydrogen-bond acceptors (Lipinski definition) is 4. The molecule has 1 atom stereocenters. The third kappa shape index (κ3) is 6.06. The summed E-state index contributed by atoms with van der Waals surface area (Å²) < 4.78 is 0. The molecule has 1 aromatic heterocycles. The predicted octanol–water partition coefficient (Wildman–Crippen LogP) is 3.02. The van der Waals surface area contributed by atoms with E-state index in [4.69, 9.17) is 4.99 Å². The third-order valence-electron chi connectivity index (χ3n) is 4.72. The highest BCUT2D eigenvalue weighted by Crippen LogP contribution is 2.28. The van der Waals surface area contributed by atoms with E-state index in [1.165, 1.54) is 37.0 Å². The molecule has 0 bridgehead atoms. The normalized spacial score (nSPS) is 18.0. The topological polar surface area (TPSA) is 52.6 Å². The fraction of sp³-hybridized carbons (Fsp3) is 0.778. The number of aliphatic imine (C=N–C) groups is 1. The SMILES string of the molecule is CCNC(=NCc1ncc(C)s1)NCC(C1CCCCC1)N(C)C. The molecule has 1 fully saturated rings. The number of thiazole rings is 1. The quantitative estimate of drug-likeness (QED) is 0.586. The molecular formula is C18H33N5S. The zero-order chi connectivity index (χ0) is 17.4. The van der Waals surface area contributed by atoms with Crippen molar-refractivity contribution in [2.24, 2.45) is 10.9 Å². The monoisotopic (exact) mass is 351 g/mol. The molecule has 24 heavy (non-hydrogen) atoms. The molecule has 1 saturated carbocycles. The Labute approximate surface area is 151 Å². The summed E-state index contributed by atoms with van der Waals surface area (Å²) in [4.78, 5) is 12.7. The minimum absolute atomic E-state index is 0.566. The van der Waals surface area contributed by atoms with Crippen LogP contribution in [0, 0.1) is 12.8 Å². The Hall–Kier alpha value is -1.14. The molecule has 0 aliphatic heterocycles. The summed E-state index contributed by atoms with van der Waals surface area (Å²) in [6, 6.07) is 0.566. The van der Waals surface area contributed by atoms with E-state index in [1.807, 2.05) is 6.20 Å². The molecule has 1 aliphatic carbocycles. The van der Waals surface area contributed by atoms with Crippen molar-refractivity contribution in [1.29, 1.82) is 0 Å². The number of likely N-dealkylation sites (N-methyl/N-ethyl adjacent to an activating group) is 1. The van der Waals surface area contributed by atoms with Crippen LogP contribution in [-0.2, 0) is 6.54 Å². The summed E-state index contributed by atoms with van der Waals surface area (Å²) >= 11 is 1.72. The molecule has 6 heteroatoms. The number of nitrogens with zero attached hydrogens (tertiary/aromatic N) is 3. The van der Waals surface area contributed by atoms with Gasteiger partial charge >= 0.3 is 0 Å². The standard InChI is InChI=1S/C18H33N5S/c1-5-19-18(22-13-17-20-11-14(2)24-17)21-12-16(23(3)4)15-9-7-6-8-10-15/h11,15-16H,5-10,12-13H2,1-4H3,(H2,19,21,22). The van der Waals surface area contributed by atoms with Crippen LogP contribution in [0.3, 0.4) is 0 Å². The van der Waals surface area contributed by atoms with Crippen LogP contribution in [-0.4, -0.2) is 49.1 Å². The molecule has 136 valence electrons. The second kappa shape index (κ2) is 9.99. The van der Waals surface area contributed by atoms with Crippen LogP contribution >= 0.6 is 11.3 Å². The lowest BCUT2D eigenvalue weighted by molar-refractivity contribution is 0.171. The van der Waals surface area contributed by atoms with Gasteiger partial charge in [-0.15, -0.1) is 11.3 Å². The van der Waals surface area contributed by atoms with Crippen molar-refractivity contribution in [2.75, 3.05) is 27.2 Å². The van der Waals surface area contributed by atoms with E-state index < -0.39 is 0 Å². The molecule has 5 nitrogen and oxygen atoms in total. The Balaban J connectivity index is 1.92. The molecule has 0 aromatic carbocycles. The van der Waals surface area contributed by atoms with Gasteiger partial charge in [-0.3, -0.25) is 0 Å². The first-order valence-corrected chi connectivity index (χ1v) is 10.0. The molecule has 0 amide bonds. The Bertz CT molecular complexity index is 505. The van der Waals surface area contributed by atoms with Gasteiger partial charge in [0.2, 0.25) is 0 Å². The van der Waals surface area contributed by atoms with Gasteiger partial charge in [0.05, 0.1) is 6.54 Å². The number of nitrogens with one attached hydrogen (secondary N) is 2. The second-order valence-corrected chi connectivity index (χ2v) is 8.19. The van der Waals surface area contributed by atoms with Crippen molar-refractivity contribution >= 4 is 17.3 Å². The van der Waals surface area contributed by atoms with Crippen LogP contribution in [0.25, 0.3) is 0 Å². The summed E-state index contributed by atoms with van der Waals surface area (Å²) in [5.74, 6) is 1.69. The smallest absolute Gasteiger partial charge is 0.191 e. The molecule has 1 unspecified atom stereocenters. The first-order chi connectivity index (χ1) is 11.6. The van der Waals surface area contributed by atoms with Crippen molar-refractivity contribution in [1.82, 2.24) is 20.5 Å². The van der Waals surface area contributed by atoms with Gasteiger partial charge < -0.3 is 15.5 Å². The van der Waals surface area contributed by atoms with Crippen molar-refractivity contribution in [2.45, 2.75) is 58.5 Å². The fourth-order valence-electron chi connectivity index (χ4n) is 3.45. The van der Waals surface area contributed by atoms with Gasteiger partial charge in [0.1, 0.15) is 5.01 Å². The lowest BCUT2D eigenvalue weighted by Gasteiger charge is -2.35. The lowest BCUT2D eigenvalue weighted by Crippen LogP contribution is -2.48. The minimum atomic E-state index is 0.566. The van der Waals surface area contributed by atoms with Crippen LogP contribution in [0.15, 0.2) is 11.2 Å². The van der Waals surface area contributed by atoms with Crippen molar-refractivity contribution in [3.63, 3.8) is 0 Å². The van der Waals surface area contributed by atoms with Gasteiger partial charge in [-0.25, -0.2) is 9.98 Å². The Morgan fingerprint density at radius 2 is 2.08 bits per heavy atom. The van der Waals surface area contributed by atoms with Gasteiger partial charge in [0.15, 0.2) is 5.96 Å². The maximum Gasteiger partial charge on any atom is 0.191 e. The van der Waals surface area contributed by atoms with Crippen molar-refractivity contribution < 1.29 is 0 Å². The number of hydrogen-bond donors (Lipinski definition) is 2. The van der Waals surface area contributed by atoms with Gasteiger partial charge in [0, 0.05) is 30.2 Å². The van der Waals surface area contributed by atoms with E-state index >= 15 is 0 Å². The zero-order valence-electron chi connectivity index (χ0n) is 15.6. The van der Waals surface area contributed by atoms with Crippen LogP contribution in [0.1, 0.15) is 48.9 Å². The lowest BCUT2D eigenvalue weighted by atomic mass is 9.83. The highest BCUT2D eigenvalue weighted by molar-refractivity contribution is 7.11. The Kier molecular flexibility index (Phi) is 7.99. The van der Waals surface area contributed by atoms with Crippen LogP contribution in [0.2, 0.25) is 0 Å². The van der Waals surface area contributed by atoms with E-state index in [0.29, 0.717) is 12.6 Å². The highest BCUT2D eigenvalue weighted by atomic mass is 32.1. The minimum Gasteiger partial charge on any atom is -0.357 e. The maximum absolute atomic E-state index is 4.70. The average Bonchev–Trinajstić information content (AvgIpc) is 2.99. The van der Waals surface area contributed by atoms with Crippen molar-refractivity contribution in [3.05, 3.63) is 16.1 Å². The average molecular weight is 352 g/mol. The predicted molar refractivity (Wildman–Crippen MR) is 104 cm³/mol.